The summed E-state index contributed by atoms with van der Waals surface area (Å²) in [6.07, 6.45) is -5.00. The van der Waals surface area contributed by atoms with Crippen molar-refractivity contribution in [3.05, 3.63) is 263 Å². The van der Waals surface area contributed by atoms with E-state index in [4.69, 9.17) is 26.3 Å². The van der Waals surface area contributed by atoms with E-state index >= 15 is 13.2 Å². The zero-order chi connectivity index (χ0) is 53.8. The molecule has 8 nitrogen and oxygen atoms in total. The molecular formula is C67H33F3N8. The van der Waals surface area contributed by atoms with Gasteiger partial charge in [-0.3, -0.25) is 0 Å². The Morgan fingerprint density at radius 2 is 0.731 bits per heavy atom. The fourth-order valence-electron chi connectivity index (χ4n) is 10.9. The Kier molecular flexibility index (Phi) is 11.4. The summed E-state index contributed by atoms with van der Waals surface area (Å²) in [5.74, 6) is 0. The number of fused-ring (bicyclic) bond motifs is 6. The summed E-state index contributed by atoms with van der Waals surface area (Å²) in [5.41, 5.74) is 7.17. The Hall–Kier alpha value is -11.5. The zero-order valence-electron chi connectivity index (χ0n) is 40.8. The van der Waals surface area contributed by atoms with Crippen LogP contribution in [-0.4, -0.2) is 9.13 Å². The highest BCUT2D eigenvalue weighted by molar-refractivity contribution is 6.15. The van der Waals surface area contributed by atoms with Gasteiger partial charge in [0.25, 0.3) is 0 Å². The fraction of sp³-hybridized carbons (Fsp3) is 0.0149. The molecule has 0 bridgehead atoms. The third kappa shape index (κ3) is 7.65. The highest BCUT2D eigenvalue weighted by atomic mass is 19.4. The van der Waals surface area contributed by atoms with E-state index in [-0.39, 0.29) is 28.2 Å². The fourth-order valence-corrected chi connectivity index (χ4v) is 10.9. The van der Waals surface area contributed by atoms with Gasteiger partial charge in [-0.2, -0.15) is 23.7 Å². The van der Waals surface area contributed by atoms with Gasteiger partial charge in [-0.25, -0.2) is 19.4 Å². The molecule has 0 fully saturated rings. The van der Waals surface area contributed by atoms with E-state index in [0.717, 1.165) is 6.07 Å². The van der Waals surface area contributed by atoms with Gasteiger partial charge in [0.15, 0.2) is 22.7 Å². The van der Waals surface area contributed by atoms with E-state index in [1.165, 1.54) is 12.1 Å². The molecule has 10 aromatic carbocycles. The molecule has 12 rings (SSSR count). The first-order valence-electron chi connectivity index (χ1n) is 24.3. The molecule has 12 aromatic rings. The number of halogens is 3. The second kappa shape index (κ2) is 18.8. The number of alkyl halides is 3. The lowest BCUT2D eigenvalue weighted by Crippen LogP contribution is -2.11. The van der Waals surface area contributed by atoms with Crippen LogP contribution in [0, 0.1) is 49.0 Å². The Morgan fingerprint density at radius 1 is 0.372 bits per heavy atom. The van der Waals surface area contributed by atoms with Crippen LogP contribution in [0.4, 0.5) is 35.9 Å². The van der Waals surface area contributed by atoms with Crippen molar-refractivity contribution in [2.45, 2.75) is 6.18 Å². The number of rotatable bonds is 7. The van der Waals surface area contributed by atoms with Crippen molar-refractivity contribution in [2.24, 2.45) is 0 Å². The second-order valence-corrected chi connectivity index (χ2v) is 18.5. The molecule has 0 saturated carbocycles. The average molecular weight is 1010 g/mol. The van der Waals surface area contributed by atoms with Crippen LogP contribution in [0.15, 0.2) is 200 Å². The van der Waals surface area contributed by atoms with E-state index in [1.807, 2.05) is 130 Å². The average Bonchev–Trinajstić information content (AvgIpc) is 4.22. The van der Waals surface area contributed by atoms with Gasteiger partial charge in [0.05, 0.1) is 88.6 Å². The van der Waals surface area contributed by atoms with Crippen molar-refractivity contribution < 1.29 is 13.2 Å². The minimum Gasteiger partial charge on any atom is -0.309 e. The maximum atomic E-state index is 16.1. The van der Waals surface area contributed by atoms with Crippen LogP contribution >= 0.6 is 0 Å². The van der Waals surface area contributed by atoms with Gasteiger partial charge in [-0.05, 0) is 87.0 Å². The molecule has 78 heavy (non-hydrogen) atoms. The quantitative estimate of drug-likeness (QED) is 0.149. The minimum absolute atomic E-state index is 0.0285. The van der Waals surface area contributed by atoms with Crippen LogP contribution in [-0.2, 0) is 6.18 Å². The highest BCUT2D eigenvalue weighted by Gasteiger charge is 2.37. The monoisotopic (exact) mass is 1010 g/mol. The van der Waals surface area contributed by atoms with Crippen LogP contribution in [0.5, 0.6) is 0 Å². The molecule has 0 aliphatic heterocycles. The first-order chi connectivity index (χ1) is 38.1. The molecule has 0 spiro atoms. The summed E-state index contributed by atoms with van der Waals surface area (Å²) in [4.78, 5) is 15.2. The molecule has 0 saturated heterocycles. The molecule has 0 aliphatic rings. The van der Waals surface area contributed by atoms with Crippen LogP contribution < -0.4 is 0 Å². The van der Waals surface area contributed by atoms with E-state index in [9.17, 15) is 10.5 Å². The number of hydrogen-bond donors (Lipinski definition) is 0. The predicted molar refractivity (Wildman–Crippen MR) is 302 cm³/mol. The maximum absolute atomic E-state index is 16.1. The lowest BCUT2D eigenvalue weighted by atomic mass is 9.92. The number of hydrogen-bond acceptors (Lipinski definition) is 2. The summed E-state index contributed by atoms with van der Waals surface area (Å²) in [7, 11) is 0. The van der Waals surface area contributed by atoms with Crippen molar-refractivity contribution in [3.63, 3.8) is 0 Å². The molecular weight excluding hydrogens is 974 g/mol. The summed E-state index contributed by atoms with van der Waals surface area (Å²) in [5, 5.41) is 24.4. The van der Waals surface area contributed by atoms with Gasteiger partial charge in [-0.1, -0.05) is 158 Å². The van der Waals surface area contributed by atoms with Gasteiger partial charge < -0.3 is 9.13 Å². The largest absolute Gasteiger partial charge is 0.415 e. The van der Waals surface area contributed by atoms with E-state index in [0.29, 0.717) is 111 Å². The highest BCUT2D eigenvalue weighted by Crippen LogP contribution is 2.51. The van der Waals surface area contributed by atoms with Crippen molar-refractivity contribution in [1.82, 2.24) is 9.13 Å². The molecule has 0 N–H and O–H groups in total. The van der Waals surface area contributed by atoms with Crippen molar-refractivity contribution in [3.8, 4) is 79.1 Å². The number of benzene rings is 10. The van der Waals surface area contributed by atoms with Gasteiger partial charge in [-0.15, -0.1) is 0 Å². The molecule has 362 valence electrons. The number of para-hydroxylation sites is 3. The predicted octanol–water partition coefficient (Wildman–Crippen LogP) is 19.2. The number of nitriles is 2. The minimum atomic E-state index is -5.00. The standard InChI is InChI=1S/C67H33F3N8/c1-73-55-20-10-7-16-47(55)42-25-29-51-50-28-24-41(46-15-6-5-14-45(46)39-72)34-59(50)77(60(51)35-42)63-32-40(38-71)33-64(66(63)65-54(67(68,69)70)19-13-23-58(65)76-4)78-61-36-43(48-17-8-11-21-56(48)74-2)26-30-52(61)53-31-27-44(37-62(53)78)49-18-9-12-22-57(49)75-3/h5-37H. The topological polar surface area (TPSA) is 74.9 Å². The van der Waals surface area contributed by atoms with Crippen molar-refractivity contribution in [2.75, 3.05) is 0 Å². The Bertz CT molecular complexity index is 4330. The van der Waals surface area contributed by atoms with E-state index in [1.54, 1.807) is 60.7 Å². The van der Waals surface area contributed by atoms with Gasteiger partial charge >= 0.3 is 6.18 Å². The van der Waals surface area contributed by atoms with Crippen LogP contribution in [0.3, 0.4) is 0 Å². The summed E-state index contributed by atoms with van der Waals surface area (Å²) in [6, 6.07) is 62.6. The summed E-state index contributed by atoms with van der Waals surface area (Å²) in [6.45, 7) is 32.8. The molecule has 2 heterocycles. The van der Waals surface area contributed by atoms with E-state index in [2.05, 4.69) is 31.5 Å². The van der Waals surface area contributed by atoms with Crippen LogP contribution in [0.2, 0.25) is 0 Å². The third-order valence-corrected chi connectivity index (χ3v) is 14.3. The molecule has 0 unspecified atom stereocenters. The van der Waals surface area contributed by atoms with Gasteiger partial charge in [0.2, 0.25) is 0 Å². The van der Waals surface area contributed by atoms with Crippen LogP contribution in [0.25, 0.3) is 130 Å². The summed E-state index contributed by atoms with van der Waals surface area (Å²) >= 11 is 0. The van der Waals surface area contributed by atoms with Crippen molar-refractivity contribution in [1.29, 1.82) is 10.5 Å². The van der Waals surface area contributed by atoms with E-state index < -0.39 is 17.3 Å². The second-order valence-electron chi connectivity index (χ2n) is 18.5. The van der Waals surface area contributed by atoms with Gasteiger partial charge in [0, 0.05) is 32.7 Å². The molecule has 0 atom stereocenters. The normalized spacial score (nSPS) is 11.2. The van der Waals surface area contributed by atoms with Crippen molar-refractivity contribution >= 4 is 66.4 Å². The first kappa shape index (κ1) is 47.5. The Balaban J connectivity index is 1.32. The van der Waals surface area contributed by atoms with Gasteiger partial charge in [0.1, 0.15) is 0 Å². The first-order valence-corrected chi connectivity index (χ1v) is 24.3. The number of nitrogens with zero attached hydrogens (tertiary/aromatic N) is 8. The molecule has 11 heteroatoms. The lowest BCUT2D eigenvalue weighted by molar-refractivity contribution is -0.137. The third-order valence-electron chi connectivity index (χ3n) is 14.3. The molecule has 2 aromatic heterocycles. The lowest BCUT2D eigenvalue weighted by Gasteiger charge is -2.24. The zero-order valence-corrected chi connectivity index (χ0v) is 40.8. The number of aromatic nitrogens is 2. The van der Waals surface area contributed by atoms with Crippen LogP contribution in [0.1, 0.15) is 16.7 Å². The Morgan fingerprint density at radius 3 is 1.10 bits per heavy atom. The SMILES string of the molecule is [C-]#[N+]c1ccccc1-c1ccc2c3ccc(-c4ccccc4C#N)cc3n(-c3cc(C#N)cc(-n4c5cc(-c6ccccc6[N+]#[C-])ccc5c5ccc(-c6ccccc6[N+]#[C-])cc54)c3-c3c([N+]#[C-])cccc3C(F)(F)F)c2c1. The molecule has 0 radical (unpaired) electrons. The Labute approximate surface area is 445 Å². The molecule has 0 aliphatic carbocycles. The molecule has 0 amide bonds. The maximum Gasteiger partial charge on any atom is 0.415 e. The smallest absolute Gasteiger partial charge is 0.309 e. The summed E-state index contributed by atoms with van der Waals surface area (Å²) < 4.78 is 52.1.